The summed E-state index contributed by atoms with van der Waals surface area (Å²) in [4.78, 5) is 30.7. The number of benzene rings is 1. The van der Waals surface area contributed by atoms with E-state index in [1.807, 2.05) is 24.3 Å². The molecule has 0 bridgehead atoms. The highest BCUT2D eigenvalue weighted by Gasteiger charge is 2.37. The number of aryl methyl sites for hydroxylation is 1. The van der Waals surface area contributed by atoms with Crippen molar-refractivity contribution in [3.63, 3.8) is 0 Å². The number of likely N-dealkylation sites (tertiary alicyclic amines) is 1. The van der Waals surface area contributed by atoms with Crippen LogP contribution in [-0.4, -0.2) is 45.7 Å². The largest absolute Gasteiger partial charge is 0.496 e. The predicted octanol–water partition coefficient (Wildman–Crippen LogP) is 1.68. The molecule has 0 spiro atoms. The molecule has 0 aliphatic carbocycles. The molecule has 0 N–H and O–H groups in total. The monoisotopic (exact) mass is 366 g/mol. The Balaban J connectivity index is 1.47. The minimum Gasteiger partial charge on any atom is -0.496 e. The first kappa shape index (κ1) is 17.0. The third-order valence-electron chi connectivity index (χ3n) is 4.66. The smallest absolute Gasteiger partial charge is 0.263 e. The van der Waals surface area contributed by atoms with Crippen molar-refractivity contribution in [1.82, 2.24) is 19.6 Å². The van der Waals surface area contributed by atoms with Crippen molar-refractivity contribution < 1.29 is 14.1 Å². The molecular formula is C19H18N4O4. The number of nitrogens with zero attached hydrogens (tertiary/aromatic N) is 4. The Bertz CT molecular complexity index is 1050. The molecule has 1 aliphatic rings. The van der Waals surface area contributed by atoms with Gasteiger partial charge in [0.15, 0.2) is 0 Å². The lowest BCUT2D eigenvalue weighted by atomic mass is 9.99. The second kappa shape index (κ2) is 6.71. The second-order valence-electron chi connectivity index (χ2n) is 6.40. The van der Waals surface area contributed by atoms with Crippen LogP contribution in [0, 0.1) is 0 Å². The summed E-state index contributed by atoms with van der Waals surface area (Å²) in [7, 11) is 3.21. The van der Waals surface area contributed by atoms with Crippen LogP contribution in [0.2, 0.25) is 0 Å². The summed E-state index contributed by atoms with van der Waals surface area (Å²) in [5.74, 6) is 1.26. The Morgan fingerprint density at radius 1 is 1.22 bits per heavy atom. The lowest BCUT2D eigenvalue weighted by Gasteiger charge is -2.36. The average molecular weight is 366 g/mol. The molecule has 0 unspecified atom stereocenters. The second-order valence-corrected chi connectivity index (χ2v) is 6.40. The number of aromatic nitrogens is 3. The number of carbonyl (C=O) groups is 1. The SMILES string of the molecule is COc1ccccc1-c1noc(C2CN(C(=O)c3cccn(C)c3=O)C2)n1. The predicted molar refractivity (Wildman–Crippen MR) is 96.6 cm³/mol. The molecule has 4 rings (SSSR count). The lowest BCUT2D eigenvalue weighted by Crippen LogP contribution is -2.50. The molecule has 2 aromatic heterocycles. The molecule has 8 heteroatoms. The van der Waals surface area contributed by atoms with Crippen LogP contribution in [0.1, 0.15) is 22.2 Å². The molecular weight excluding hydrogens is 348 g/mol. The molecule has 3 heterocycles. The number of pyridine rings is 1. The highest BCUT2D eigenvalue weighted by molar-refractivity contribution is 5.94. The zero-order valence-corrected chi connectivity index (χ0v) is 15.0. The van der Waals surface area contributed by atoms with Crippen molar-refractivity contribution in [1.29, 1.82) is 0 Å². The van der Waals surface area contributed by atoms with Crippen molar-refractivity contribution in [2.24, 2.45) is 7.05 Å². The van der Waals surface area contributed by atoms with E-state index in [2.05, 4.69) is 10.1 Å². The van der Waals surface area contributed by atoms with Gasteiger partial charge in [-0.15, -0.1) is 0 Å². The fourth-order valence-corrected chi connectivity index (χ4v) is 3.07. The van der Waals surface area contributed by atoms with Gasteiger partial charge in [-0.1, -0.05) is 17.3 Å². The van der Waals surface area contributed by atoms with Gasteiger partial charge < -0.3 is 18.7 Å². The summed E-state index contributed by atoms with van der Waals surface area (Å²) >= 11 is 0. The molecule has 8 nitrogen and oxygen atoms in total. The molecule has 0 saturated carbocycles. The summed E-state index contributed by atoms with van der Waals surface area (Å²) < 4.78 is 12.1. The molecule has 0 atom stereocenters. The van der Waals surface area contributed by atoms with Gasteiger partial charge in [-0.2, -0.15) is 4.98 Å². The van der Waals surface area contributed by atoms with Crippen molar-refractivity contribution in [3.8, 4) is 17.1 Å². The van der Waals surface area contributed by atoms with Crippen LogP contribution in [0.4, 0.5) is 0 Å². The molecule has 1 saturated heterocycles. The van der Waals surface area contributed by atoms with E-state index in [1.54, 1.807) is 37.4 Å². The Hall–Kier alpha value is -3.42. The van der Waals surface area contributed by atoms with Gasteiger partial charge in [-0.3, -0.25) is 9.59 Å². The van der Waals surface area contributed by atoms with Crippen molar-refractivity contribution in [2.45, 2.75) is 5.92 Å². The van der Waals surface area contributed by atoms with E-state index >= 15 is 0 Å². The zero-order valence-electron chi connectivity index (χ0n) is 15.0. The van der Waals surface area contributed by atoms with Gasteiger partial charge >= 0.3 is 0 Å². The van der Waals surface area contributed by atoms with Gasteiger partial charge in [-0.25, -0.2) is 0 Å². The minimum absolute atomic E-state index is 0.0440. The van der Waals surface area contributed by atoms with Gasteiger partial charge in [0.1, 0.15) is 11.3 Å². The number of hydrogen-bond acceptors (Lipinski definition) is 6. The number of para-hydroxylation sites is 1. The molecule has 1 amide bonds. The van der Waals surface area contributed by atoms with E-state index in [0.717, 1.165) is 5.56 Å². The van der Waals surface area contributed by atoms with E-state index in [-0.39, 0.29) is 22.9 Å². The molecule has 27 heavy (non-hydrogen) atoms. The molecule has 138 valence electrons. The van der Waals surface area contributed by atoms with Crippen LogP contribution in [0.3, 0.4) is 0 Å². The quantitative estimate of drug-likeness (QED) is 0.698. The van der Waals surface area contributed by atoms with E-state index in [9.17, 15) is 9.59 Å². The lowest BCUT2D eigenvalue weighted by molar-refractivity contribution is 0.0566. The van der Waals surface area contributed by atoms with Gasteiger partial charge in [0.05, 0.1) is 18.6 Å². The van der Waals surface area contributed by atoms with Crippen molar-refractivity contribution in [2.75, 3.05) is 20.2 Å². The first-order chi connectivity index (χ1) is 13.1. The van der Waals surface area contributed by atoms with E-state index in [4.69, 9.17) is 9.26 Å². The number of ether oxygens (including phenoxy) is 1. The van der Waals surface area contributed by atoms with Crippen molar-refractivity contribution in [3.05, 3.63) is 64.4 Å². The summed E-state index contributed by atoms with van der Waals surface area (Å²) in [6, 6.07) is 10.7. The third-order valence-corrected chi connectivity index (χ3v) is 4.66. The van der Waals surface area contributed by atoms with Gasteiger partial charge in [-0.05, 0) is 24.3 Å². The van der Waals surface area contributed by atoms with Gasteiger partial charge in [0.2, 0.25) is 11.7 Å². The minimum atomic E-state index is -0.304. The molecule has 1 aliphatic heterocycles. The van der Waals surface area contributed by atoms with Crippen LogP contribution < -0.4 is 10.3 Å². The Morgan fingerprint density at radius 2 is 2.00 bits per heavy atom. The van der Waals surface area contributed by atoms with E-state index in [1.165, 1.54) is 4.57 Å². The highest BCUT2D eigenvalue weighted by atomic mass is 16.5. The van der Waals surface area contributed by atoms with Crippen LogP contribution in [-0.2, 0) is 7.05 Å². The standard InChI is InChI=1S/C19H18N4O4/c1-22-9-5-7-14(18(22)24)19(25)23-10-12(11-23)17-20-16(21-27-17)13-6-3-4-8-15(13)26-2/h3-9,12H,10-11H2,1-2H3. The molecule has 3 aromatic rings. The fourth-order valence-electron chi connectivity index (χ4n) is 3.07. The molecule has 1 aromatic carbocycles. The maximum atomic E-state index is 12.5. The normalized spacial score (nSPS) is 14.1. The summed E-state index contributed by atoms with van der Waals surface area (Å²) in [6.07, 6.45) is 1.62. The Kier molecular flexibility index (Phi) is 4.23. The van der Waals surface area contributed by atoms with Crippen LogP contribution in [0.5, 0.6) is 5.75 Å². The maximum Gasteiger partial charge on any atom is 0.263 e. The topological polar surface area (TPSA) is 90.5 Å². The van der Waals surface area contributed by atoms with Crippen molar-refractivity contribution >= 4 is 5.91 Å². The van der Waals surface area contributed by atoms with Gasteiger partial charge in [0.25, 0.3) is 11.5 Å². The average Bonchev–Trinajstić information content (AvgIpc) is 3.12. The fraction of sp³-hybridized carbons (Fsp3) is 0.263. The van der Waals surface area contributed by atoms with Gasteiger partial charge in [0, 0.05) is 26.3 Å². The Morgan fingerprint density at radius 3 is 2.78 bits per heavy atom. The van der Waals surface area contributed by atoms with Crippen LogP contribution >= 0.6 is 0 Å². The van der Waals surface area contributed by atoms with E-state index in [0.29, 0.717) is 30.6 Å². The first-order valence-electron chi connectivity index (χ1n) is 8.50. The molecule has 0 radical (unpaired) electrons. The van der Waals surface area contributed by atoms with Crippen LogP contribution in [0.15, 0.2) is 51.9 Å². The molecule has 1 fully saturated rings. The van der Waals surface area contributed by atoms with E-state index < -0.39 is 0 Å². The van der Waals surface area contributed by atoms with Crippen LogP contribution in [0.25, 0.3) is 11.4 Å². The number of rotatable bonds is 4. The summed E-state index contributed by atoms with van der Waals surface area (Å²) in [6.45, 7) is 0.870. The number of carbonyl (C=O) groups excluding carboxylic acids is 1. The maximum absolute atomic E-state index is 12.5. The zero-order chi connectivity index (χ0) is 19.0. The third kappa shape index (κ3) is 2.99. The number of hydrogen-bond donors (Lipinski definition) is 0. The number of amides is 1. The first-order valence-corrected chi connectivity index (χ1v) is 8.50. The highest BCUT2D eigenvalue weighted by Crippen LogP contribution is 2.31. The number of methoxy groups -OCH3 is 1. The summed E-state index contributed by atoms with van der Waals surface area (Å²) in [5.41, 5.74) is 0.607. The summed E-state index contributed by atoms with van der Waals surface area (Å²) in [5, 5.41) is 4.03. The Labute approximate surface area is 155 Å².